The van der Waals surface area contributed by atoms with Gasteiger partial charge in [0, 0.05) is 37.6 Å². The van der Waals surface area contributed by atoms with Gasteiger partial charge in [-0.05, 0) is 45.6 Å². The van der Waals surface area contributed by atoms with Gasteiger partial charge in [0.1, 0.15) is 54.2 Å². The zero-order valence-corrected chi connectivity index (χ0v) is 31.8. The number of aromatic hydroxyl groups is 1. The Labute approximate surface area is 320 Å². The molecule has 0 saturated carbocycles. The summed E-state index contributed by atoms with van der Waals surface area (Å²) in [6.45, 7) is 6.41. The Hall–Kier alpha value is -4.19. The molecule has 2 aromatic rings. The Morgan fingerprint density at radius 3 is 2.47 bits per heavy atom. The Bertz CT molecular complexity index is 1730. The van der Waals surface area contributed by atoms with Crippen LogP contribution in [0.15, 0.2) is 70.9 Å². The maximum Gasteiger partial charge on any atom is 0.342 e. The minimum absolute atomic E-state index is 0.0561. The largest absolute Gasteiger partial charge is 0.507 e. The van der Waals surface area contributed by atoms with Gasteiger partial charge in [-0.1, -0.05) is 61.1 Å². The summed E-state index contributed by atoms with van der Waals surface area (Å²) in [6, 6.07) is 3.19. The van der Waals surface area contributed by atoms with Crippen LogP contribution >= 0.6 is 0 Å². The van der Waals surface area contributed by atoms with E-state index in [9.17, 15) is 45.3 Å². The number of rotatable bonds is 17. The zero-order chi connectivity index (χ0) is 40.4. The highest BCUT2D eigenvalue weighted by Gasteiger charge is 2.46. The van der Waals surface area contributed by atoms with Crippen molar-refractivity contribution >= 4 is 11.9 Å². The van der Waals surface area contributed by atoms with Crippen molar-refractivity contribution in [2.24, 2.45) is 5.92 Å². The van der Waals surface area contributed by atoms with E-state index in [2.05, 4.69) is 4.98 Å². The first-order valence-electron chi connectivity index (χ1n) is 18.3. The first-order valence-corrected chi connectivity index (χ1v) is 18.3. The number of allylic oxidation sites excluding steroid dienone is 5. The minimum atomic E-state index is -1.94. The second-order valence-electron chi connectivity index (χ2n) is 14.4. The SMILES string of the molecule is CC(C)=CC(=O)N(C)C/C=C/CC/C=C/C=C/CC(O)(CO[C@@H]1O[C@H](CO)[C@@H](O)[C@H](O)[C@H]1O)c1nc(C[C@@H](C)[C@H]2OC(=O)c3c(ccc(C)c3O)[C@@H]2O)co1. The molecule has 0 spiro atoms. The monoisotopic (exact) mass is 770 g/mol. The molecular weight excluding hydrogens is 716 g/mol. The molecule has 1 unspecified atom stereocenters. The molecule has 55 heavy (non-hydrogen) atoms. The third kappa shape index (κ3) is 11.0. The van der Waals surface area contributed by atoms with E-state index in [0.717, 1.165) is 18.4 Å². The molecule has 9 atom stereocenters. The van der Waals surface area contributed by atoms with Crippen molar-refractivity contribution in [1.29, 1.82) is 0 Å². The summed E-state index contributed by atoms with van der Waals surface area (Å²) in [6.07, 6.45) is 5.55. The van der Waals surface area contributed by atoms with Crippen LogP contribution in [0.1, 0.15) is 79.2 Å². The number of carbonyl (C=O) groups excluding carboxylic acids is 2. The molecule has 15 heteroatoms. The van der Waals surface area contributed by atoms with Gasteiger partial charge < -0.3 is 59.3 Å². The Morgan fingerprint density at radius 2 is 1.76 bits per heavy atom. The predicted molar refractivity (Wildman–Crippen MR) is 198 cm³/mol. The molecule has 1 fully saturated rings. The highest BCUT2D eigenvalue weighted by atomic mass is 16.7. The second kappa shape index (κ2) is 19.6. The van der Waals surface area contributed by atoms with Crippen molar-refractivity contribution in [3.63, 3.8) is 0 Å². The fraction of sp³-hybridized carbons (Fsp3) is 0.525. The standard InChI is InChI=1S/C40H54N2O13/c1-23(2)18-29(44)42(5)17-13-11-9-7-6-8-10-12-16-40(51,22-53-38-35(49)34(48)33(47)28(20-43)54-38)39-41-26(21-52-39)19-25(4)36-32(46)27-15-14-24(3)31(45)30(27)37(50)55-36/h6,8,10-15,18,21,25,28,32-36,38,43,45-49,51H,7,9,16-17,19-20,22H2,1-5H3/b8-6+,12-10+,13-11+/t25-,28-,32+,33-,34+,35-,36-,38-,40?/m1/s1. The van der Waals surface area contributed by atoms with Crippen LogP contribution in [0.3, 0.4) is 0 Å². The van der Waals surface area contributed by atoms with Crippen LogP contribution in [-0.2, 0) is 31.0 Å². The summed E-state index contributed by atoms with van der Waals surface area (Å²) in [5.41, 5.74) is 0.0111. The van der Waals surface area contributed by atoms with Gasteiger partial charge in [-0.25, -0.2) is 9.78 Å². The average molecular weight is 771 g/mol. The molecule has 4 rings (SSSR count). The van der Waals surface area contributed by atoms with Crippen LogP contribution in [0.2, 0.25) is 0 Å². The second-order valence-corrected chi connectivity index (χ2v) is 14.4. The predicted octanol–water partition coefficient (Wildman–Crippen LogP) is 2.41. The maximum atomic E-state index is 12.8. The number of benzene rings is 1. The lowest BCUT2D eigenvalue weighted by Crippen LogP contribution is -2.59. The topological polar surface area (TPSA) is 233 Å². The van der Waals surface area contributed by atoms with E-state index in [1.54, 1.807) is 62.2 Å². The summed E-state index contributed by atoms with van der Waals surface area (Å²) in [5, 5.41) is 73.8. The van der Waals surface area contributed by atoms with Gasteiger partial charge in [-0.15, -0.1) is 0 Å². The fourth-order valence-electron chi connectivity index (χ4n) is 6.22. The molecule has 302 valence electrons. The normalized spacial score (nSPS) is 25.9. The van der Waals surface area contributed by atoms with Crippen LogP contribution in [0, 0.1) is 12.8 Å². The molecule has 1 saturated heterocycles. The Balaban J connectivity index is 1.43. The number of hydrogen-bond donors (Lipinski definition) is 7. The molecule has 3 heterocycles. The number of hydrogen-bond acceptors (Lipinski definition) is 14. The first-order chi connectivity index (χ1) is 26.1. The molecule has 2 aliphatic heterocycles. The molecule has 1 aromatic heterocycles. The number of cyclic esters (lactones) is 1. The quantitative estimate of drug-likeness (QED) is 0.0403. The lowest BCUT2D eigenvalue weighted by Gasteiger charge is -2.40. The van der Waals surface area contributed by atoms with Crippen LogP contribution in [0.5, 0.6) is 5.75 Å². The number of aryl methyl sites for hydroxylation is 1. The summed E-state index contributed by atoms with van der Waals surface area (Å²) in [5.74, 6) is -1.70. The van der Waals surface area contributed by atoms with Gasteiger partial charge >= 0.3 is 5.97 Å². The number of phenols is 1. The van der Waals surface area contributed by atoms with E-state index in [0.29, 0.717) is 17.8 Å². The Kier molecular flexibility index (Phi) is 15.5. The van der Waals surface area contributed by atoms with Crippen molar-refractivity contribution in [1.82, 2.24) is 9.88 Å². The summed E-state index contributed by atoms with van der Waals surface area (Å²) < 4.78 is 22.4. The number of oxazole rings is 1. The third-order valence-electron chi connectivity index (χ3n) is 9.54. The van der Waals surface area contributed by atoms with Gasteiger partial charge in [0.15, 0.2) is 11.9 Å². The maximum absolute atomic E-state index is 12.8. The highest BCUT2D eigenvalue weighted by Crippen LogP contribution is 2.39. The van der Waals surface area contributed by atoms with E-state index in [-0.39, 0.29) is 41.5 Å². The van der Waals surface area contributed by atoms with Crippen LogP contribution < -0.4 is 0 Å². The van der Waals surface area contributed by atoms with Gasteiger partial charge in [-0.2, -0.15) is 0 Å². The molecule has 7 N–H and O–H groups in total. The van der Waals surface area contributed by atoms with Gasteiger partial charge in [0.2, 0.25) is 11.8 Å². The van der Waals surface area contributed by atoms with Crippen LogP contribution in [0.4, 0.5) is 0 Å². The highest BCUT2D eigenvalue weighted by molar-refractivity contribution is 5.96. The first kappa shape index (κ1) is 43.5. The van der Waals surface area contributed by atoms with Crippen molar-refractivity contribution in [3.8, 4) is 5.75 Å². The van der Waals surface area contributed by atoms with E-state index < -0.39 is 73.6 Å². The van der Waals surface area contributed by atoms with Crippen molar-refractivity contribution in [2.75, 3.05) is 26.8 Å². The molecule has 1 amide bonds. The molecule has 15 nitrogen and oxygen atoms in total. The number of amides is 1. The van der Waals surface area contributed by atoms with E-state index in [1.165, 1.54) is 6.26 Å². The van der Waals surface area contributed by atoms with Crippen LogP contribution in [0.25, 0.3) is 0 Å². The van der Waals surface area contributed by atoms with Gasteiger partial charge in [0.25, 0.3) is 0 Å². The molecule has 1 aromatic carbocycles. The van der Waals surface area contributed by atoms with Crippen LogP contribution in [-0.4, -0.2) is 121 Å². The van der Waals surface area contributed by atoms with Gasteiger partial charge in [-0.3, -0.25) is 4.79 Å². The van der Waals surface area contributed by atoms with E-state index in [1.807, 2.05) is 32.1 Å². The molecule has 0 bridgehead atoms. The lowest BCUT2D eigenvalue weighted by atomic mass is 9.86. The fourth-order valence-corrected chi connectivity index (χ4v) is 6.22. The zero-order valence-electron chi connectivity index (χ0n) is 31.8. The smallest absolute Gasteiger partial charge is 0.342 e. The average Bonchev–Trinajstić information content (AvgIpc) is 3.62. The molecule has 0 radical (unpaired) electrons. The Morgan fingerprint density at radius 1 is 1.05 bits per heavy atom. The number of nitrogens with zero attached hydrogens (tertiary/aromatic N) is 2. The van der Waals surface area contributed by atoms with E-state index in [4.69, 9.17) is 18.6 Å². The number of aromatic nitrogens is 1. The summed E-state index contributed by atoms with van der Waals surface area (Å²) in [4.78, 5) is 31.0. The van der Waals surface area contributed by atoms with E-state index >= 15 is 0 Å². The third-order valence-corrected chi connectivity index (χ3v) is 9.54. The molecule has 2 aliphatic rings. The lowest BCUT2D eigenvalue weighted by molar-refractivity contribution is -0.310. The van der Waals surface area contributed by atoms with Gasteiger partial charge in [0.05, 0.1) is 18.9 Å². The number of aliphatic hydroxyl groups excluding tert-OH is 5. The molecule has 0 aliphatic carbocycles. The number of esters is 1. The summed E-state index contributed by atoms with van der Waals surface area (Å²) >= 11 is 0. The van der Waals surface area contributed by atoms with Crippen molar-refractivity contribution < 1.29 is 64.0 Å². The van der Waals surface area contributed by atoms with Crippen molar-refractivity contribution in [2.45, 2.75) is 102 Å². The number of phenolic OH excluding ortho intramolecular Hbond substituents is 1. The minimum Gasteiger partial charge on any atom is -0.507 e. The number of likely N-dealkylation sites (N-methyl/N-ethyl adjacent to an activating group) is 1. The number of fused-ring (bicyclic) bond motifs is 1. The summed E-state index contributed by atoms with van der Waals surface area (Å²) in [7, 11) is 1.74. The molecular formula is C40H54N2O13. The van der Waals surface area contributed by atoms with Crippen molar-refractivity contribution in [3.05, 3.63) is 94.8 Å². The number of unbranched alkanes of at least 4 members (excludes halogenated alkanes) is 1. The number of carbonyl (C=O) groups is 2. The number of ether oxygens (including phenoxy) is 3. The number of aliphatic hydroxyl groups is 6.